The van der Waals surface area contributed by atoms with Crippen molar-refractivity contribution < 1.29 is 22.4 Å². The molecule has 0 aliphatic heterocycles. The van der Waals surface area contributed by atoms with E-state index in [9.17, 15) is 18.0 Å². The van der Waals surface area contributed by atoms with Crippen LogP contribution in [0.25, 0.3) is 11.0 Å². The van der Waals surface area contributed by atoms with Crippen molar-refractivity contribution in [2.75, 3.05) is 12.4 Å². The highest BCUT2D eigenvalue weighted by atomic mass is 28.4. The van der Waals surface area contributed by atoms with Gasteiger partial charge in [0.05, 0.1) is 22.9 Å². The Labute approximate surface area is 253 Å². The first-order valence-corrected chi connectivity index (χ1v) is 18.2. The molecule has 3 aromatic rings. The molecule has 0 spiro atoms. The van der Waals surface area contributed by atoms with Crippen molar-refractivity contribution in [2.24, 2.45) is 0 Å². The van der Waals surface area contributed by atoms with E-state index in [2.05, 4.69) is 49.1 Å². The van der Waals surface area contributed by atoms with Crippen molar-refractivity contribution in [1.29, 1.82) is 0 Å². The van der Waals surface area contributed by atoms with E-state index in [1.165, 1.54) is 19.2 Å². The Morgan fingerprint density at radius 2 is 1.70 bits per heavy atom. The van der Waals surface area contributed by atoms with Crippen LogP contribution in [-0.2, 0) is 9.22 Å². The maximum absolute atomic E-state index is 14.7. The van der Waals surface area contributed by atoms with Gasteiger partial charge in [-0.3, -0.25) is 14.8 Å². The quantitative estimate of drug-likeness (QED) is 0.257. The Morgan fingerprint density at radius 3 is 2.28 bits per heavy atom. The van der Waals surface area contributed by atoms with Crippen molar-refractivity contribution in [3.8, 4) is 0 Å². The van der Waals surface area contributed by atoms with Crippen LogP contribution in [0.15, 0.2) is 48.8 Å². The number of rotatable bonds is 8. The van der Waals surface area contributed by atoms with E-state index in [0.29, 0.717) is 24.4 Å². The third-order valence-electron chi connectivity index (χ3n) is 9.48. The number of benzene rings is 1. The fraction of sp³-hybridized carbons (Fsp3) is 0.545. The topological polar surface area (TPSA) is 67.3 Å². The summed E-state index contributed by atoms with van der Waals surface area (Å²) in [4.78, 5) is 24.1. The summed E-state index contributed by atoms with van der Waals surface area (Å²) in [6.45, 7) is 10.3. The molecule has 1 amide bonds. The predicted molar refractivity (Wildman–Crippen MR) is 167 cm³/mol. The van der Waals surface area contributed by atoms with E-state index >= 15 is 0 Å². The van der Waals surface area contributed by atoms with E-state index in [1.807, 2.05) is 12.1 Å². The van der Waals surface area contributed by atoms with Crippen LogP contribution < -0.4 is 5.32 Å². The van der Waals surface area contributed by atoms with Gasteiger partial charge in [-0.1, -0.05) is 52.2 Å². The summed E-state index contributed by atoms with van der Waals surface area (Å²) in [5, 5.41) is 3.18. The number of hydrogen-bond acceptors (Lipinski definition) is 5. The molecule has 2 aromatic heterocycles. The number of hydrogen-bond donors (Lipinski definition) is 1. The Kier molecular flexibility index (Phi) is 8.41. The molecule has 2 heterocycles. The third kappa shape index (κ3) is 6.45. The predicted octanol–water partition coefficient (Wildman–Crippen LogP) is 9.04. The minimum absolute atomic E-state index is 0.00732. The van der Waals surface area contributed by atoms with E-state index in [-0.39, 0.29) is 10.6 Å². The number of nitrogens with one attached hydrogen (secondary N) is 1. The second-order valence-corrected chi connectivity index (χ2v) is 18.5. The maximum Gasteiger partial charge on any atom is 0.413 e. The molecule has 1 N–H and O–H groups in total. The normalized spacial score (nSPS) is 18.3. The Hall–Kier alpha value is -2.98. The lowest BCUT2D eigenvalue weighted by Gasteiger charge is -2.48. The first-order valence-electron chi connectivity index (χ1n) is 15.3. The van der Waals surface area contributed by atoms with Crippen molar-refractivity contribution in [2.45, 2.75) is 108 Å². The molecule has 2 aliphatic rings. The molecular weight excluding hydrogens is 569 g/mol. The van der Waals surface area contributed by atoms with Crippen LogP contribution in [0.4, 0.5) is 24.5 Å². The van der Waals surface area contributed by atoms with Crippen molar-refractivity contribution in [1.82, 2.24) is 14.9 Å². The van der Waals surface area contributed by atoms with Gasteiger partial charge in [0.2, 0.25) is 0 Å². The van der Waals surface area contributed by atoms with E-state index in [1.54, 1.807) is 24.5 Å². The van der Waals surface area contributed by atoms with Crippen LogP contribution >= 0.6 is 0 Å². The zero-order chi connectivity index (χ0) is 31.2. The molecule has 232 valence electrons. The van der Waals surface area contributed by atoms with Crippen molar-refractivity contribution in [3.63, 3.8) is 0 Å². The molecule has 0 saturated heterocycles. The Morgan fingerprint density at radius 1 is 1.05 bits per heavy atom. The number of aromatic nitrogens is 2. The van der Waals surface area contributed by atoms with Crippen LogP contribution in [0, 0.1) is 0 Å². The summed E-state index contributed by atoms with van der Waals surface area (Å²) in [5.41, 5.74) is 2.98. The third-order valence-corrected chi connectivity index (χ3v) is 14.0. The second-order valence-electron chi connectivity index (χ2n) is 13.8. The Balaban J connectivity index is 1.42. The van der Waals surface area contributed by atoms with Gasteiger partial charge >= 0.3 is 6.18 Å². The summed E-state index contributed by atoms with van der Waals surface area (Å²) in [6, 6.07) is 7.86. The smallest absolute Gasteiger partial charge is 0.403 e. The number of anilines is 2. The van der Waals surface area contributed by atoms with Crippen molar-refractivity contribution in [3.05, 3.63) is 59.9 Å². The monoisotopic (exact) mass is 612 g/mol. The van der Waals surface area contributed by atoms with Crippen LogP contribution in [-0.4, -0.2) is 47.9 Å². The van der Waals surface area contributed by atoms with Gasteiger partial charge in [-0.15, -0.1) is 0 Å². The highest BCUT2D eigenvalue weighted by Gasteiger charge is 2.54. The van der Waals surface area contributed by atoms with E-state index in [4.69, 9.17) is 4.43 Å². The number of nitrogens with zero attached hydrogens (tertiary/aromatic N) is 3. The van der Waals surface area contributed by atoms with E-state index < -0.39 is 32.0 Å². The van der Waals surface area contributed by atoms with Crippen LogP contribution in [0.3, 0.4) is 0 Å². The van der Waals surface area contributed by atoms with Gasteiger partial charge in [0.1, 0.15) is 5.60 Å². The molecule has 0 unspecified atom stereocenters. The number of halogens is 3. The van der Waals surface area contributed by atoms with E-state index in [0.717, 1.165) is 59.3 Å². The first kappa shape index (κ1) is 31.4. The fourth-order valence-electron chi connectivity index (χ4n) is 6.02. The number of fused-ring (bicyclic) bond motifs is 1. The Bertz CT molecular complexity index is 1460. The summed E-state index contributed by atoms with van der Waals surface area (Å²) in [5.74, 6) is -0.192. The molecule has 0 radical (unpaired) electrons. The minimum atomic E-state index is -4.67. The molecule has 1 aromatic carbocycles. The second kappa shape index (κ2) is 11.5. The summed E-state index contributed by atoms with van der Waals surface area (Å²) >= 11 is 0. The lowest BCUT2D eigenvalue weighted by atomic mass is 9.83. The summed E-state index contributed by atoms with van der Waals surface area (Å²) in [7, 11) is -1.18. The lowest BCUT2D eigenvalue weighted by molar-refractivity contribution is -0.197. The van der Waals surface area contributed by atoms with Gasteiger partial charge < -0.3 is 14.6 Å². The number of carbonyl (C=O) groups excluding carboxylic acids is 1. The molecule has 0 bridgehead atoms. The van der Waals surface area contributed by atoms with Crippen LogP contribution in [0.2, 0.25) is 18.1 Å². The maximum atomic E-state index is 14.7. The number of pyridine rings is 2. The van der Waals surface area contributed by atoms with Gasteiger partial charge in [-0.05, 0) is 79.6 Å². The SMILES string of the molecule is CN(C(=O)C1(O[Si](C)(C)C(C)(C)C)CCCCC1)[C@@H](c1ccc(Nc2cnc3cccnc3c2C2CC2)cc1)C(F)(F)F. The lowest BCUT2D eigenvalue weighted by Crippen LogP contribution is -2.59. The highest BCUT2D eigenvalue weighted by molar-refractivity contribution is 6.74. The van der Waals surface area contributed by atoms with Gasteiger partial charge in [-0.2, -0.15) is 13.2 Å². The number of carbonyl (C=O) groups is 1. The zero-order valence-electron chi connectivity index (χ0n) is 26.0. The average Bonchev–Trinajstić information content (AvgIpc) is 3.78. The average molecular weight is 613 g/mol. The summed E-state index contributed by atoms with van der Waals surface area (Å²) < 4.78 is 50.9. The highest BCUT2D eigenvalue weighted by Crippen LogP contribution is 2.48. The molecular formula is C33H43F3N4O2Si. The van der Waals surface area contributed by atoms with Gasteiger partial charge in [0.25, 0.3) is 5.91 Å². The molecule has 5 rings (SSSR count). The van der Waals surface area contributed by atoms with Gasteiger partial charge in [0.15, 0.2) is 14.4 Å². The van der Waals surface area contributed by atoms with Gasteiger partial charge in [0, 0.05) is 24.5 Å². The molecule has 2 saturated carbocycles. The zero-order valence-corrected chi connectivity index (χ0v) is 27.0. The molecule has 10 heteroatoms. The first-order chi connectivity index (χ1) is 20.1. The van der Waals surface area contributed by atoms with Crippen LogP contribution in [0.5, 0.6) is 0 Å². The fourth-order valence-corrected chi connectivity index (χ4v) is 7.60. The van der Waals surface area contributed by atoms with Crippen LogP contribution in [0.1, 0.15) is 88.8 Å². The molecule has 1 atom stereocenters. The largest absolute Gasteiger partial charge is 0.413 e. The van der Waals surface area contributed by atoms with Gasteiger partial charge in [-0.25, -0.2) is 0 Å². The molecule has 2 fully saturated rings. The number of likely N-dealkylation sites (N-methyl/N-ethyl adjacent to an activating group) is 1. The summed E-state index contributed by atoms with van der Waals surface area (Å²) in [6.07, 6.45) is 4.32. The number of amides is 1. The molecule has 6 nitrogen and oxygen atoms in total. The molecule has 2 aliphatic carbocycles. The van der Waals surface area contributed by atoms with Crippen molar-refractivity contribution >= 4 is 36.6 Å². The standard InChI is InChI=1S/C33H43F3N4O2Si/c1-31(2,3)43(5,6)42-32(18-8-7-9-19-32)30(41)40(4)29(33(34,35)36)23-14-16-24(17-15-23)39-26-21-38-25-11-10-20-37-28(25)27(26)22-12-13-22/h10-11,14-17,20-22,29,39H,7-9,12-13,18-19H2,1-6H3/t29-/m0/s1. The molecule has 43 heavy (non-hydrogen) atoms. The minimum Gasteiger partial charge on any atom is -0.403 e. The number of alkyl halides is 3.